The smallest absolute Gasteiger partial charge is 0.233 e. The second-order valence-corrected chi connectivity index (χ2v) is 7.44. The molecule has 2 aromatic carbocycles. The summed E-state index contributed by atoms with van der Waals surface area (Å²) in [6.45, 7) is 0. The highest BCUT2D eigenvalue weighted by atomic mass is 16.5. The van der Waals surface area contributed by atoms with Crippen LogP contribution in [-0.2, 0) is 4.79 Å². The van der Waals surface area contributed by atoms with Gasteiger partial charge in [-0.3, -0.25) is 9.69 Å². The van der Waals surface area contributed by atoms with Gasteiger partial charge in [0.25, 0.3) is 0 Å². The molecule has 0 spiro atoms. The molecule has 1 aromatic heterocycles. The average molecular weight is 374 g/mol. The lowest BCUT2D eigenvalue weighted by Gasteiger charge is -2.39. The highest BCUT2D eigenvalue weighted by Crippen LogP contribution is 2.44. The number of rotatable bonds is 4. The van der Waals surface area contributed by atoms with Gasteiger partial charge in [0.2, 0.25) is 11.9 Å². The first-order valence-electron chi connectivity index (χ1n) is 9.67. The van der Waals surface area contributed by atoms with Gasteiger partial charge in [0.1, 0.15) is 12.1 Å². The zero-order valence-electron chi connectivity index (χ0n) is 15.7. The van der Waals surface area contributed by atoms with E-state index in [9.17, 15) is 4.79 Å². The third-order valence-corrected chi connectivity index (χ3v) is 5.67. The number of fused-ring (bicyclic) bond motifs is 1. The standard InChI is InChI=1S/C22H22N4O2/c1-28-18-11-9-16(10-12-18)20-13-19(15-5-3-2-4-6-15)25(21(27)17-7-8-17)22-23-14-24-26(20)22/h2-6,9-12,14,17,19-20H,7-8,13H2,1H3/t19-,20-/m1/s1. The van der Waals surface area contributed by atoms with E-state index >= 15 is 0 Å². The van der Waals surface area contributed by atoms with Crippen molar-refractivity contribution in [3.8, 4) is 5.75 Å². The Morgan fingerprint density at radius 3 is 2.39 bits per heavy atom. The number of benzene rings is 2. The van der Waals surface area contributed by atoms with Crippen molar-refractivity contribution >= 4 is 11.9 Å². The largest absolute Gasteiger partial charge is 0.497 e. The maximum absolute atomic E-state index is 13.2. The highest BCUT2D eigenvalue weighted by Gasteiger charge is 2.44. The highest BCUT2D eigenvalue weighted by molar-refractivity contribution is 5.96. The average Bonchev–Trinajstić information content (AvgIpc) is 3.49. The Morgan fingerprint density at radius 1 is 1.00 bits per heavy atom. The van der Waals surface area contributed by atoms with Gasteiger partial charge >= 0.3 is 0 Å². The molecule has 3 aromatic rings. The van der Waals surface area contributed by atoms with Crippen LogP contribution >= 0.6 is 0 Å². The summed E-state index contributed by atoms with van der Waals surface area (Å²) in [5.74, 6) is 1.74. The molecule has 6 heteroatoms. The van der Waals surface area contributed by atoms with Gasteiger partial charge in [-0.25, -0.2) is 4.68 Å². The summed E-state index contributed by atoms with van der Waals surface area (Å²) >= 11 is 0. The van der Waals surface area contributed by atoms with Crippen molar-refractivity contribution in [3.63, 3.8) is 0 Å². The summed E-state index contributed by atoms with van der Waals surface area (Å²) in [7, 11) is 1.66. The van der Waals surface area contributed by atoms with E-state index in [1.807, 2.05) is 39.9 Å². The van der Waals surface area contributed by atoms with E-state index in [-0.39, 0.29) is 23.9 Å². The Morgan fingerprint density at radius 2 is 1.71 bits per heavy atom. The summed E-state index contributed by atoms with van der Waals surface area (Å²) in [6, 6.07) is 18.2. The Hall–Kier alpha value is -3.15. The molecule has 0 radical (unpaired) electrons. The molecule has 2 heterocycles. The lowest BCUT2D eigenvalue weighted by atomic mass is 9.91. The normalized spacial score (nSPS) is 21.2. The fraction of sp³-hybridized carbons (Fsp3) is 0.318. The van der Waals surface area contributed by atoms with Crippen molar-refractivity contribution in [1.82, 2.24) is 14.8 Å². The van der Waals surface area contributed by atoms with Crippen LogP contribution in [0.1, 0.15) is 42.5 Å². The summed E-state index contributed by atoms with van der Waals surface area (Å²) in [6.07, 6.45) is 4.23. The van der Waals surface area contributed by atoms with Crippen LogP contribution in [0.3, 0.4) is 0 Å². The van der Waals surface area contributed by atoms with Crippen molar-refractivity contribution in [2.75, 3.05) is 12.0 Å². The van der Waals surface area contributed by atoms with Gasteiger partial charge in [-0.1, -0.05) is 42.5 Å². The van der Waals surface area contributed by atoms with Gasteiger partial charge < -0.3 is 4.74 Å². The quantitative estimate of drug-likeness (QED) is 0.698. The number of anilines is 1. The number of nitrogens with zero attached hydrogens (tertiary/aromatic N) is 4. The Kier molecular flexibility index (Phi) is 4.11. The summed E-state index contributed by atoms with van der Waals surface area (Å²) in [5.41, 5.74) is 2.26. The number of hydrogen-bond acceptors (Lipinski definition) is 4. The van der Waals surface area contributed by atoms with E-state index in [0.717, 1.165) is 36.1 Å². The van der Waals surface area contributed by atoms with Crippen LogP contribution in [0.4, 0.5) is 5.95 Å². The number of hydrogen-bond donors (Lipinski definition) is 0. The number of carbonyl (C=O) groups is 1. The fourth-order valence-corrected chi connectivity index (χ4v) is 4.04. The van der Waals surface area contributed by atoms with Crippen LogP contribution in [-0.4, -0.2) is 27.8 Å². The molecule has 1 amide bonds. The van der Waals surface area contributed by atoms with Gasteiger partial charge in [0.05, 0.1) is 19.2 Å². The predicted molar refractivity (Wildman–Crippen MR) is 105 cm³/mol. The summed E-state index contributed by atoms with van der Waals surface area (Å²) in [5, 5.41) is 4.48. The third kappa shape index (κ3) is 2.85. The van der Waals surface area contributed by atoms with Crippen LogP contribution < -0.4 is 9.64 Å². The number of methoxy groups -OCH3 is 1. The van der Waals surface area contributed by atoms with E-state index in [1.165, 1.54) is 0 Å². The van der Waals surface area contributed by atoms with Crippen molar-refractivity contribution in [2.24, 2.45) is 5.92 Å². The van der Waals surface area contributed by atoms with Crippen molar-refractivity contribution < 1.29 is 9.53 Å². The van der Waals surface area contributed by atoms with Gasteiger partial charge in [0, 0.05) is 5.92 Å². The molecule has 2 aliphatic rings. The molecule has 1 aliphatic carbocycles. The lowest BCUT2D eigenvalue weighted by Crippen LogP contribution is -2.43. The minimum atomic E-state index is -0.0573. The number of carbonyl (C=O) groups excluding carboxylic acids is 1. The van der Waals surface area contributed by atoms with Gasteiger partial charge in [0.15, 0.2) is 0 Å². The third-order valence-electron chi connectivity index (χ3n) is 5.67. The predicted octanol–water partition coefficient (Wildman–Crippen LogP) is 3.76. The van der Waals surface area contributed by atoms with Crippen molar-refractivity contribution in [3.05, 3.63) is 72.1 Å². The van der Waals surface area contributed by atoms with Crippen LogP contribution in [0, 0.1) is 5.92 Å². The van der Waals surface area contributed by atoms with E-state index in [0.29, 0.717) is 5.95 Å². The molecule has 0 saturated heterocycles. The molecule has 0 bridgehead atoms. The van der Waals surface area contributed by atoms with Crippen molar-refractivity contribution in [2.45, 2.75) is 31.3 Å². The van der Waals surface area contributed by atoms with E-state index in [4.69, 9.17) is 4.74 Å². The fourth-order valence-electron chi connectivity index (χ4n) is 4.04. The zero-order chi connectivity index (χ0) is 19.1. The molecule has 1 aliphatic heterocycles. The van der Waals surface area contributed by atoms with E-state index in [1.54, 1.807) is 13.4 Å². The van der Waals surface area contributed by atoms with Crippen molar-refractivity contribution in [1.29, 1.82) is 0 Å². The van der Waals surface area contributed by atoms with Crippen LogP contribution in [0.25, 0.3) is 0 Å². The first kappa shape index (κ1) is 17.0. The summed E-state index contributed by atoms with van der Waals surface area (Å²) < 4.78 is 7.19. The van der Waals surface area contributed by atoms with Crippen LogP contribution in [0.2, 0.25) is 0 Å². The molecule has 6 nitrogen and oxygen atoms in total. The molecule has 0 unspecified atom stereocenters. The molecular formula is C22H22N4O2. The van der Waals surface area contributed by atoms with Gasteiger partial charge in [-0.2, -0.15) is 10.1 Å². The molecule has 5 rings (SSSR count). The van der Waals surface area contributed by atoms with Gasteiger partial charge in [-0.15, -0.1) is 0 Å². The SMILES string of the molecule is COc1ccc([C@H]2C[C@H](c3ccccc3)N(C(=O)C3CC3)c3ncnn32)cc1. The Bertz CT molecular complexity index is 979. The molecule has 1 saturated carbocycles. The molecule has 1 fully saturated rings. The van der Waals surface area contributed by atoms with Crippen LogP contribution in [0.15, 0.2) is 60.9 Å². The second kappa shape index (κ2) is 6.78. The second-order valence-electron chi connectivity index (χ2n) is 7.44. The minimum absolute atomic E-state index is 0.0110. The number of amides is 1. The maximum atomic E-state index is 13.2. The number of ether oxygens (including phenoxy) is 1. The Labute approximate surface area is 163 Å². The maximum Gasteiger partial charge on any atom is 0.233 e. The van der Waals surface area contributed by atoms with E-state index in [2.05, 4.69) is 34.3 Å². The number of aromatic nitrogens is 3. The molecular weight excluding hydrogens is 352 g/mol. The minimum Gasteiger partial charge on any atom is -0.497 e. The molecule has 2 atom stereocenters. The van der Waals surface area contributed by atoms with E-state index < -0.39 is 0 Å². The lowest BCUT2D eigenvalue weighted by molar-refractivity contribution is -0.120. The topological polar surface area (TPSA) is 60.2 Å². The molecule has 142 valence electrons. The monoisotopic (exact) mass is 374 g/mol. The molecule has 28 heavy (non-hydrogen) atoms. The first-order chi connectivity index (χ1) is 13.8. The first-order valence-corrected chi connectivity index (χ1v) is 9.67. The summed E-state index contributed by atoms with van der Waals surface area (Å²) in [4.78, 5) is 19.5. The van der Waals surface area contributed by atoms with Gasteiger partial charge in [-0.05, 0) is 42.5 Å². The molecule has 0 N–H and O–H groups in total. The zero-order valence-corrected chi connectivity index (χ0v) is 15.7. The van der Waals surface area contributed by atoms with Crippen LogP contribution in [0.5, 0.6) is 5.75 Å². The Balaban J connectivity index is 1.60.